The highest BCUT2D eigenvalue weighted by atomic mass is 79.9. The van der Waals surface area contributed by atoms with Crippen molar-refractivity contribution in [2.75, 3.05) is 6.54 Å². The number of rotatable bonds is 6. The van der Waals surface area contributed by atoms with Gasteiger partial charge in [-0.15, -0.1) is 0 Å². The van der Waals surface area contributed by atoms with Gasteiger partial charge in [-0.05, 0) is 38.3 Å². The Kier molecular flexibility index (Phi) is 6.37. The summed E-state index contributed by atoms with van der Waals surface area (Å²) in [4.78, 5) is 40.7. The monoisotopic (exact) mass is 501 g/mol. The second kappa shape index (κ2) is 9.05. The molecule has 0 bridgehead atoms. The van der Waals surface area contributed by atoms with Crippen molar-refractivity contribution < 1.29 is 14.4 Å². The van der Waals surface area contributed by atoms with Crippen molar-refractivity contribution in [1.29, 1.82) is 0 Å². The molecule has 2 N–H and O–H groups in total. The van der Waals surface area contributed by atoms with Crippen molar-refractivity contribution >= 4 is 33.7 Å². The maximum absolute atomic E-state index is 13.2. The Hall–Kier alpha value is -2.68. The molecule has 0 radical (unpaired) electrons. The van der Waals surface area contributed by atoms with Crippen molar-refractivity contribution in [2.45, 2.75) is 64.2 Å². The van der Waals surface area contributed by atoms with Gasteiger partial charge >= 0.3 is 0 Å². The summed E-state index contributed by atoms with van der Waals surface area (Å²) in [5.74, 6) is -0.823. The maximum Gasteiger partial charge on any atom is 0.273 e. The number of nitrogens with zero attached hydrogens (tertiary/aromatic N) is 3. The van der Waals surface area contributed by atoms with Crippen LogP contribution in [0.15, 0.2) is 34.8 Å². The number of hydrogen-bond donors (Lipinski definition) is 2. The van der Waals surface area contributed by atoms with E-state index < -0.39 is 5.54 Å². The molecule has 1 aliphatic heterocycles. The van der Waals surface area contributed by atoms with Crippen molar-refractivity contribution in [2.24, 2.45) is 0 Å². The Balaban J connectivity index is 1.53. The molecule has 0 saturated heterocycles. The first kappa shape index (κ1) is 22.5. The van der Waals surface area contributed by atoms with Gasteiger partial charge in [0, 0.05) is 29.7 Å². The van der Waals surface area contributed by atoms with E-state index in [1.165, 1.54) is 10.7 Å². The third-order valence-electron chi connectivity index (χ3n) is 6.42. The number of amides is 3. The zero-order chi connectivity index (χ0) is 22.9. The fourth-order valence-corrected chi connectivity index (χ4v) is 4.99. The second-order valence-electron chi connectivity index (χ2n) is 8.62. The Morgan fingerprint density at radius 3 is 2.66 bits per heavy atom. The molecule has 3 amide bonds. The molecule has 1 aromatic carbocycles. The van der Waals surface area contributed by atoms with Gasteiger partial charge in [0.05, 0.1) is 6.54 Å². The molecule has 1 atom stereocenters. The van der Waals surface area contributed by atoms with Gasteiger partial charge in [0.15, 0.2) is 5.69 Å². The van der Waals surface area contributed by atoms with Gasteiger partial charge in [-0.3, -0.25) is 19.1 Å². The van der Waals surface area contributed by atoms with Crippen LogP contribution >= 0.6 is 15.9 Å². The molecule has 2 heterocycles. The Morgan fingerprint density at radius 1 is 1.25 bits per heavy atom. The highest BCUT2D eigenvalue weighted by molar-refractivity contribution is 9.10. The number of benzene rings is 1. The minimum Gasteiger partial charge on any atom is -0.351 e. The molecule has 1 saturated carbocycles. The number of likely N-dealkylation sites (N-methyl/N-ethyl adjacent to an activating group) is 1. The largest absolute Gasteiger partial charge is 0.351 e. The second-order valence-corrected chi connectivity index (χ2v) is 9.48. The molecule has 4 rings (SSSR count). The number of aromatic nitrogens is 2. The minimum atomic E-state index is -1.06. The lowest BCUT2D eigenvalue weighted by atomic mass is 9.94. The first-order chi connectivity index (χ1) is 15.3. The van der Waals surface area contributed by atoms with Crippen molar-refractivity contribution in [1.82, 2.24) is 25.3 Å². The van der Waals surface area contributed by atoms with Crippen LogP contribution in [-0.2, 0) is 17.9 Å². The lowest BCUT2D eigenvalue weighted by molar-refractivity contribution is -0.133. The van der Waals surface area contributed by atoms with Crippen LogP contribution in [0.1, 0.15) is 66.1 Å². The van der Waals surface area contributed by atoms with E-state index in [0.29, 0.717) is 18.8 Å². The first-order valence-electron chi connectivity index (χ1n) is 11.1. The van der Waals surface area contributed by atoms with E-state index in [9.17, 15) is 14.4 Å². The zero-order valence-electron chi connectivity index (χ0n) is 18.4. The fraction of sp³-hybridized carbons (Fsp3) is 0.478. The molecule has 2 aliphatic rings. The van der Waals surface area contributed by atoms with E-state index in [1.807, 2.05) is 31.2 Å². The van der Waals surface area contributed by atoms with Crippen LogP contribution in [0.2, 0.25) is 0 Å². The molecule has 9 heteroatoms. The van der Waals surface area contributed by atoms with E-state index in [4.69, 9.17) is 0 Å². The van der Waals surface area contributed by atoms with Crippen LogP contribution in [0.25, 0.3) is 0 Å². The summed E-state index contributed by atoms with van der Waals surface area (Å²) < 4.78 is 2.40. The molecular formula is C23H28BrN5O3. The number of fused-ring (bicyclic) bond motifs is 1. The predicted octanol–water partition coefficient (Wildman–Crippen LogP) is 2.87. The topological polar surface area (TPSA) is 96.3 Å². The average Bonchev–Trinajstić information content (AvgIpc) is 3.43. The molecular weight excluding hydrogens is 474 g/mol. The van der Waals surface area contributed by atoms with Gasteiger partial charge in [0.25, 0.3) is 11.8 Å². The summed E-state index contributed by atoms with van der Waals surface area (Å²) in [6.07, 6.45) is 4.16. The van der Waals surface area contributed by atoms with E-state index in [0.717, 1.165) is 35.7 Å². The van der Waals surface area contributed by atoms with E-state index in [2.05, 4.69) is 31.7 Å². The Morgan fingerprint density at radius 2 is 1.97 bits per heavy atom. The quantitative estimate of drug-likeness (QED) is 0.635. The molecule has 170 valence electrons. The lowest BCUT2D eigenvalue weighted by Crippen LogP contribution is -2.64. The van der Waals surface area contributed by atoms with Crippen LogP contribution in [0.4, 0.5) is 0 Å². The highest BCUT2D eigenvalue weighted by Gasteiger charge is 2.48. The van der Waals surface area contributed by atoms with Gasteiger partial charge in [-0.25, -0.2) is 0 Å². The van der Waals surface area contributed by atoms with Gasteiger partial charge in [-0.2, -0.15) is 5.10 Å². The summed E-state index contributed by atoms with van der Waals surface area (Å²) in [5.41, 5.74) is 0.367. The number of halogens is 1. The maximum atomic E-state index is 13.2. The van der Waals surface area contributed by atoms with Crippen LogP contribution in [0.5, 0.6) is 0 Å². The van der Waals surface area contributed by atoms with E-state index in [-0.39, 0.29) is 36.0 Å². The lowest BCUT2D eigenvalue weighted by Gasteiger charge is -2.43. The third-order valence-corrected chi connectivity index (χ3v) is 7.20. The molecule has 8 nitrogen and oxygen atoms in total. The van der Waals surface area contributed by atoms with Crippen LogP contribution in [-0.4, -0.2) is 50.5 Å². The molecule has 32 heavy (non-hydrogen) atoms. The van der Waals surface area contributed by atoms with Crippen molar-refractivity contribution in [3.63, 3.8) is 0 Å². The van der Waals surface area contributed by atoms with Gasteiger partial charge < -0.3 is 15.5 Å². The molecule has 1 aromatic heterocycles. The van der Waals surface area contributed by atoms with Crippen LogP contribution in [0.3, 0.4) is 0 Å². The smallest absolute Gasteiger partial charge is 0.273 e. The number of carbonyl (C=O) groups is 3. The average molecular weight is 502 g/mol. The van der Waals surface area contributed by atoms with Crippen molar-refractivity contribution in [3.8, 4) is 0 Å². The summed E-state index contributed by atoms with van der Waals surface area (Å²) in [6, 6.07) is 9.30. The number of nitrogens with one attached hydrogen (secondary N) is 2. The number of carbonyl (C=O) groups excluding carboxylic acids is 3. The Labute approximate surface area is 195 Å². The molecule has 0 unspecified atom stereocenters. The Bertz CT molecular complexity index is 1050. The third kappa shape index (κ3) is 4.18. The molecule has 1 fully saturated rings. The zero-order valence-corrected chi connectivity index (χ0v) is 19.9. The van der Waals surface area contributed by atoms with Gasteiger partial charge in [0.1, 0.15) is 11.2 Å². The van der Waals surface area contributed by atoms with Crippen molar-refractivity contribution in [3.05, 3.63) is 51.8 Å². The summed E-state index contributed by atoms with van der Waals surface area (Å²) >= 11 is 3.47. The van der Waals surface area contributed by atoms with Gasteiger partial charge in [0.2, 0.25) is 5.91 Å². The summed E-state index contributed by atoms with van der Waals surface area (Å²) in [7, 11) is 0. The number of hydrogen-bond acceptors (Lipinski definition) is 4. The van der Waals surface area contributed by atoms with Crippen LogP contribution < -0.4 is 10.6 Å². The van der Waals surface area contributed by atoms with Crippen LogP contribution in [0, 0.1) is 0 Å². The van der Waals surface area contributed by atoms with E-state index >= 15 is 0 Å². The van der Waals surface area contributed by atoms with E-state index in [1.54, 1.807) is 11.8 Å². The SMILES string of the molecule is CCN1C(=O)c2cc(C(=O)NCc3ccccc3Br)nn2C[C@@]1(C)C(=O)NC1CCCC1. The molecule has 2 aromatic rings. The standard InChI is InChI=1S/C23H28BrN5O3/c1-3-28-21(31)19-12-18(20(30)25-13-15-8-4-7-11-17(15)24)27-29(19)14-23(28,2)22(32)26-16-9-5-6-10-16/h4,7-8,11-12,16H,3,5-6,9-10,13-14H2,1-2H3,(H,25,30)(H,26,32)/t23-/m0/s1. The highest BCUT2D eigenvalue weighted by Crippen LogP contribution is 2.28. The molecule has 0 spiro atoms. The van der Waals surface area contributed by atoms with Gasteiger partial charge in [-0.1, -0.05) is 47.0 Å². The fourth-order valence-electron chi connectivity index (χ4n) is 4.57. The summed E-state index contributed by atoms with van der Waals surface area (Å²) in [5, 5.41) is 10.3. The minimum absolute atomic E-state index is 0.158. The predicted molar refractivity (Wildman–Crippen MR) is 123 cm³/mol. The first-order valence-corrected chi connectivity index (χ1v) is 11.8. The summed E-state index contributed by atoms with van der Waals surface area (Å²) in [6.45, 7) is 4.56. The molecule has 1 aliphatic carbocycles. The normalized spacial score (nSPS) is 20.8.